The van der Waals surface area contributed by atoms with Crippen molar-refractivity contribution in [2.24, 2.45) is 0 Å². The van der Waals surface area contributed by atoms with Gasteiger partial charge in [0, 0.05) is 29.7 Å². The van der Waals surface area contributed by atoms with E-state index in [1.54, 1.807) is 19.1 Å². The number of nitrogens with zero attached hydrogens (tertiary/aromatic N) is 4. The molecule has 0 radical (unpaired) electrons. The number of morpholine rings is 1. The molecule has 1 fully saturated rings. The maximum Gasteiger partial charge on any atom is 0.243 e. The molecule has 0 bridgehead atoms. The molecule has 1 aliphatic rings. The number of rotatable bonds is 6. The number of para-hydroxylation sites is 1. The van der Waals surface area contributed by atoms with Crippen LogP contribution < -0.4 is 5.32 Å². The monoisotopic (exact) mass is 498 g/mol. The van der Waals surface area contributed by atoms with Gasteiger partial charge >= 0.3 is 0 Å². The number of ether oxygens (including phenoxy) is 1. The van der Waals surface area contributed by atoms with Crippen molar-refractivity contribution in [2.75, 3.05) is 31.6 Å². The van der Waals surface area contributed by atoms with Crippen LogP contribution in [-0.4, -0.2) is 70.3 Å². The smallest absolute Gasteiger partial charge is 0.243 e. The Labute approximate surface area is 200 Å². The highest BCUT2D eigenvalue weighted by atomic mass is 32.2. The van der Waals surface area contributed by atoms with Crippen LogP contribution in [0.5, 0.6) is 0 Å². The zero-order valence-corrected chi connectivity index (χ0v) is 19.9. The second-order valence-corrected chi connectivity index (χ2v) is 11.0. The fourth-order valence-corrected chi connectivity index (χ4v) is 5.85. The van der Waals surface area contributed by atoms with Crippen LogP contribution in [0.4, 0.5) is 5.69 Å². The topological polar surface area (TPSA) is 130 Å². The van der Waals surface area contributed by atoms with Crippen LogP contribution in [0.15, 0.2) is 58.6 Å². The third-order valence-electron chi connectivity index (χ3n) is 5.46. The number of nitrogens with one attached hydrogen (secondary N) is 2. The minimum Gasteiger partial charge on any atom is -0.379 e. The van der Waals surface area contributed by atoms with Crippen LogP contribution >= 0.6 is 11.8 Å². The molecule has 3 heterocycles. The number of anilines is 1. The van der Waals surface area contributed by atoms with E-state index < -0.39 is 15.3 Å². The lowest BCUT2D eigenvalue weighted by Gasteiger charge is -2.26. The molecule has 1 amide bonds. The van der Waals surface area contributed by atoms with Crippen molar-refractivity contribution in [3.05, 3.63) is 48.5 Å². The summed E-state index contributed by atoms with van der Waals surface area (Å²) in [6.07, 6.45) is 0. The molecule has 0 spiro atoms. The second kappa shape index (κ2) is 9.29. The summed E-state index contributed by atoms with van der Waals surface area (Å²) in [5, 5.41) is 12.0. The Hall–Kier alpha value is -3.06. The standard InChI is InChI=1S/C22H22N6O4S2/c1-14(33-22-25-20-19(26-27-22)17-7-2-3-8-18(17)24-20)21(29)23-15-5-4-6-16(13-15)34(30,31)28-9-11-32-12-10-28/h2-8,13-14H,9-12H2,1H3,(H,23,29)(H,24,25,27)/t14-/m0/s1. The molecule has 2 aromatic heterocycles. The normalized spacial score (nSPS) is 16.0. The van der Waals surface area contributed by atoms with Gasteiger partial charge in [0.25, 0.3) is 0 Å². The van der Waals surface area contributed by atoms with Crippen LogP contribution in [-0.2, 0) is 19.6 Å². The Balaban J connectivity index is 1.29. The first-order valence-electron chi connectivity index (χ1n) is 10.7. The third-order valence-corrected chi connectivity index (χ3v) is 8.31. The zero-order chi connectivity index (χ0) is 23.7. The van der Waals surface area contributed by atoms with Gasteiger partial charge in [-0.05, 0) is 31.2 Å². The van der Waals surface area contributed by atoms with E-state index in [-0.39, 0.29) is 10.8 Å². The van der Waals surface area contributed by atoms with Crippen LogP contribution in [0.2, 0.25) is 0 Å². The van der Waals surface area contributed by atoms with E-state index >= 15 is 0 Å². The molecule has 1 saturated heterocycles. The van der Waals surface area contributed by atoms with E-state index in [0.717, 1.165) is 10.9 Å². The molecule has 2 aromatic carbocycles. The number of benzene rings is 2. The van der Waals surface area contributed by atoms with Gasteiger partial charge in [0.15, 0.2) is 5.65 Å². The molecule has 4 aromatic rings. The van der Waals surface area contributed by atoms with Crippen molar-refractivity contribution < 1.29 is 17.9 Å². The average Bonchev–Trinajstić information content (AvgIpc) is 3.22. The lowest BCUT2D eigenvalue weighted by Crippen LogP contribution is -2.40. The van der Waals surface area contributed by atoms with Crippen LogP contribution in [0.1, 0.15) is 6.92 Å². The number of hydrogen-bond acceptors (Lipinski definition) is 8. The van der Waals surface area contributed by atoms with Gasteiger partial charge in [-0.3, -0.25) is 4.79 Å². The molecule has 1 atom stereocenters. The van der Waals surface area contributed by atoms with Crippen LogP contribution in [0.3, 0.4) is 0 Å². The molecule has 2 N–H and O–H groups in total. The number of carbonyl (C=O) groups is 1. The van der Waals surface area contributed by atoms with Gasteiger partial charge in [-0.2, -0.15) is 4.31 Å². The summed E-state index contributed by atoms with van der Waals surface area (Å²) >= 11 is 1.17. The molecule has 0 saturated carbocycles. The quantitative estimate of drug-likeness (QED) is 0.388. The van der Waals surface area contributed by atoms with E-state index in [9.17, 15) is 13.2 Å². The maximum atomic E-state index is 12.9. The molecule has 0 unspecified atom stereocenters. The lowest BCUT2D eigenvalue weighted by molar-refractivity contribution is -0.115. The average molecular weight is 499 g/mol. The van der Waals surface area contributed by atoms with Crippen molar-refractivity contribution in [1.29, 1.82) is 0 Å². The SMILES string of the molecule is C[C@H](Sc1nnc2c(n1)[nH]c1ccccc12)C(=O)Nc1cccc(S(=O)(=O)N2CCOCC2)c1. The second-order valence-electron chi connectivity index (χ2n) is 7.76. The van der Waals surface area contributed by atoms with Gasteiger partial charge in [-0.25, -0.2) is 13.4 Å². The fraction of sp³-hybridized carbons (Fsp3) is 0.273. The summed E-state index contributed by atoms with van der Waals surface area (Å²) in [6.45, 7) is 3.08. The summed E-state index contributed by atoms with van der Waals surface area (Å²) in [6, 6.07) is 14.0. The minimum absolute atomic E-state index is 0.129. The lowest BCUT2D eigenvalue weighted by atomic mass is 10.2. The molecular weight excluding hydrogens is 476 g/mol. The van der Waals surface area contributed by atoms with Gasteiger partial charge in [0.2, 0.25) is 21.1 Å². The summed E-state index contributed by atoms with van der Waals surface area (Å²) in [5.74, 6) is -0.300. The Morgan fingerprint density at radius 1 is 1.15 bits per heavy atom. The highest BCUT2D eigenvalue weighted by Crippen LogP contribution is 2.26. The van der Waals surface area contributed by atoms with Crippen molar-refractivity contribution in [3.63, 3.8) is 0 Å². The van der Waals surface area contributed by atoms with Gasteiger partial charge in [0.1, 0.15) is 5.52 Å². The molecule has 10 nitrogen and oxygen atoms in total. The van der Waals surface area contributed by atoms with E-state index in [2.05, 4.69) is 25.5 Å². The summed E-state index contributed by atoms with van der Waals surface area (Å²) in [7, 11) is -3.66. The number of aromatic amines is 1. The molecule has 12 heteroatoms. The van der Waals surface area contributed by atoms with Gasteiger partial charge < -0.3 is 15.0 Å². The number of amides is 1. The van der Waals surface area contributed by atoms with Gasteiger partial charge in [0.05, 0.1) is 23.4 Å². The minimum atomic E-state index is -3.66. The first-order chi connectivity index (χ1) is 16.4. The third kappa shape index (κ3) is 4.49. The Morgan fingerprint density at radius 3 is 2.76 bits per heavy atom. The number of hydrogen-bond donors (Lipinski definition) is 2. The Morgan fingerprint density at radius 2 is 1.94 bits per heavy atom. The van der Waals surface area contributed by atoms with Crippen LogP contribution in [0, 0.1) is 0 Å². The fourth-order valence-electron chi connectivity index (χ4n) is 3.68. The zero-order valence-electron chi connectivity index (χ0n) is 18.3. The number of H-pyrrole nitrogens is 1. The van der Waals surface area contributed by atoms with Crippen molar-refractivity contribution in [2.45, 2.75) is 22.2 Å². The van der Waals surface area contributed by atoms with E-state index in [0.29, 0.717) is 48.3 Å². The predicted octanol–water partition coefficient (Wildman–Crippen LogP) is 2.65. The Bertz CT molecular complexity index is 1470. The van der Waals surface area contributed by atoms with Crippen LogP contribution in [0.25, 0.3) is 22.1 Å². The highest BCUT2D eigenvalue weighted by Gasteiger charge is 2.27. The predicted molar refractivity (Wildman–Crippen MR) is 129 cm³/mol. The van der Waals surface area contributed by atoms with Crippen molar-refractivity contribution in [1.82, 2.24) is 24.5 Å². The first kappa shape index (κ1) is 22.7. The summed E-state index contributed by atoms with van der Waals surface area (Å²) in [4.78, 5) is 20.6. The molecule has 5 rings (SSSR count). The number of carbonyl (C=O) groups excluding carboxylic acids is 1. The largest absolute Gasteiger partial charge is 0.379 e. The number of fused-ring (bicyclic) bond motifs is 3. The molecule has 34 heavy (non-hydrogen) atoms. The molecule has 0 aliphatic carbocycles. The molecule has 1 aliphatic heterocycles. The molecular formula is C22H22N6O4S2. The number of aromatic nitrogens is 4. The number of sulfonamides is 1. The maximum absolute atomic E-state index is 12.9. The van der Waals surface area contributed by atoms with E-state index in [1.165, 1.54) is 28.2 Å². The van der Waals surface area contributed by atoms with Crippen molar-refractivity contribution in [3.8, 4) is 0 Å². The number of thioether (sulfide) groups is 1. The van der Waals surface area contributed by atoms with Crippen molar-refractivity contribution >= 4 is 55.4 Å². The summed E-state index contributed by atoms with van der Waals surface area (Å²) < 4.78 is 32.4. The Kier molecular flexibility index (Phi) is 6.21. The summed E-state index contributed by atoms with van der Waals surface area (Å²) in [5.41, 5.74) is 2.60. The van der Waals surface area contributed by atoms with Gasteiger partial charge in [-0.15, -0.1) is 10.2 Å². The first-order valence-corrected chi connectivity index (χ1v) is 13.0. The van der Waals surface area contributed by atoms with E-state index in [1.807, 2.05) is 24.3 Å². The van der Waals surface area contributed by atoms with E-state index in [4.69, 9.17) is 4.74 Å². The molecule has 176 valence electrons. The van der Waals surface area contributed by atoms with Gasteiger partial charge in [-0.1, -0.05) is 36.0 Å². The highest BCUT2D eigenvalue weighted by molar-refractivity contribution is 8.00.